The normalized spacial score (nSPS) is 17.8. The number of carbonyl (C=O) groups excluding carboxylic acids is 2. The van der Waals surface area contributed by atoms with Crippen LogP contribution in [0.3, 0.4) is 0 Å². The number of hydrogen-bond acceptors (Lipinski definition) is 5. The number of piperazine rings is 1. The van der Waals surface area contributed by atoms with Crippen LogP contribution in [0.15, 0.2) is 24.3 Å². The zero-order chi connectivity index (χ0) is 18.4. The van der Waals surface area contributed by atoms with Crippen LogP contribution in [0, 0.1) is 0 Å². The van der Waals surface area contributed by atoms with Crippen molar-refractivity contribution in [3.05, 3.63) is 24.3 Å². The number of amides is 3. The van der Waals surface area contributed by atoms with Gasteiger partial charge in [0.05, 0.1) is 20.3 Å². The standard InChI is InChI=1S/C18H25N3O5/c1-24-15-2-4-16(5-3-15)26-14-17(22)19-6-8-20(9-7-19)18(23)21-10-12-25-13-11-21/h2-5H,6-14H2,1H3. The van der Waals surface area contributed by atoms with E-state index in [1.165, 1.54) is 0 Å². The molecule has 0 bridgehead atoms. The molecule has 1 aromatic rings. The van der Waals surface area contributed by atoms with E-state index in [2.05, 4.69) is 0 Å². The lowest BCUT2D eigenvalue weighted by molar-refractivity contribution is -0.134. The number of benzene rings is 1. The summed E-state index contributed by atoms with van der Waals surface area (Å²) in [4.78, 5) is 30.1. The lowest BCUT2D eigenvalue weighted by Gasteiger charge is -2.38. The summed E-state index contributed by atoms with van der Waals surface area (Å²) in [6.07, 6.45) is 0. The first-order valence-corrected chi connectivity index (χ1v) is 8.83. The van der Waals surface area contributed by atoms with E-state index < -0.39 is 0 Å². The van der Waals surface area contributed by atoms with Crippen molar-refractivity contribution in [3.63, 3.8) is 0 Å². The lowest BCUT2D eigenvalue weighted by atomic mass is 10.3. The number of methoxy groups -OCH3 is 1. The van der Waals surface area contributed by atoms with Crippen LogP contribution in [0.25, 0.3) is 0 Å². The molecule has 2 saturated heterocycles. The van der Waals surface area contributed by atoms with Gasteiger partial charge in [-0.2, -0.15) is 0 Å². The molecular weight excluding hydrogens is 338 g/mol. The summed E-state index contributed by atoms with van der Waals surface area (Å²) >= 11 is 0. The van der Waals surface area contributed by atoms with Crippen LogP contribution in [0.1, 0.15) is 0 Å². The maximum Gasteiger partial charge on any atom is 0.320 e. The van der Waals surface area contributed by atoms with Crippen LogP contribution in [-0.2, 0) is 9.53 Å². The summed E-state index contributed by atoms with van der Waals surface area (Å²) in [5.74, 6) is 1.30. The van der Waals surface area contributed by atoms with Crippen molar-refractivity contribution >= 4 is 11.9 Å². The van der Waals surface area contributed by atoms with E-state index in [4.69, 9.17) is 14.2 Å². The molecule has 3 rings (SSSR count). The second-order valence-electron chi connectivity index (χ2n) is 6.21. The summed E-state index contributed by atoms with van der Waals surface area (Å²) in [6, 6.07) is 7.15. The number of hydrogen-bond donors (Lipinski definition) is 0. The molecule has 142 valence electrons. The zero-order valence-corrected chi connectivity index (χ0v) is 15.1. The highest BCUT2D eigenvalue weighted by Gasteiger charge is 2.28. The third-order valence-corrected chi connectivity index (χ3v) is 4.61. The largest absolute Gasteiger partial charge is 0.497 e. The molecule has 2 aliphatic rings. The Morgan fingerprint density at radius 3 is 2.04 bits per heavy atom. The lowest BCUT2D eigenvalue weighted by Crippen LogP contribution is -2.56. The second-order valence-corrected chi connectivity index (χ2v) is 6.21. The molecule has 1 aromatic carbocycles. The SMILES string of the molecule is COc1ccc(OCC(=O)N2CCN(C(=O)N3CCOCC3)CC2)cc1. The van der Waals surface area contributed by atoms with E-state index in [-0.39, 0.29) is 18.5 Å². The Hall–Kier alpha value is -2.48. The molecule has 3 amide bonds. The van der Waals surface area contributed by atoms with E-state index in [1.807, 2.05) is 4.90 Å². The second kappa shape index (κ2) is 8.75. The van der Waals surface area contributed by atoms with Crippen LogP contribution in [0.5, 0.6) is 11.5 Å². The van der Waals surface area contributed by atoms with Gasteiger partial charge < -0.3 is 28.9 Å². The van der Waals surface area contributed by atoms with Gasteiger partial charge in [0.1, 0.15) is 11.5 Å². The maximum atomic E-state index is 12.5. The van der Waals surface area contributed by atoms with Gasteiger partial charge in [-0.15, -0.1) is 0 Å². The Morgan fingerprint density at radius 2 is 1.42 bits per heavy atom. The molecule has 8 heteroatoms. The van der Waals surface area contributed by atoms with Gasteiger partial charge in [0.15, 0.2) is 6.61 Å². The molecule has 8 nitrogen and oxygen atoms in total. The Kier molecular flexibility index (Phi) is 6.17. The van der Waals surface area contributed by atoms with Gasteiger partial charge in [-0.05, 0) is 24.3 Å². The highest BCUT2D eigenvalue weighted by atomic mass is 16.5. The molecular formula is C18H25N3O5. The molecule has 0 N–H and O–H groups in total. The minimum absolute atomic E-state index is 0.0102. The van der Waals surface area contributed by atoms with Crippen LogP contribution in [-0.4, -0.2) is 92.8 Å². The summed E-state index contributed by atoms with van der Waals surface area (Å²) in [5.41, 5.74) is 0. The van der Waals surface area contributed by atoms with Crippen LogP contribution in [0.2, 0.25) is 0 Å². The van der Waals surface area contributed by atoms with E-state index >= 15 is 0 Å². The van der Waals surface area contributed by atoms with Crippen molar-refractivity contribution < 1.29 is 23.8 Å². The van der Waals surface area contributed by atoms with Crippen molar-refractivity contribution in [2.75, 3.05) is 66.2 Å². The first kappa shape index (κ1) is 18.3. The van der Waals surface area contributed by atoms with Crippen molar-refractivity contribution in [2.45, 2.75) is 0 Å². The fourth-order valence-corrected chi connectivity index (χ4v) is 3.01. The monoisotopic (exact) mass is 363 g/mol. The third-order valence-electron chi connectivity index (χ3n) is 4.61. The Labute approximate surface area is 153 Å². The van der Waals surface area contributed by atoms with E-state index in [1.54, 1.807) is 41.2 Å². The van der Waals surface area contributed by atoms with Crippen molar-refractivity contribution in [3.8, 4) is 11.5 Å². The number of urea groups is 1. The molecule has 26 heavy (non-hydrogen) atoms. The average molecular weight is 363 g/mol. The molecule has 0 unspecified atom stereocenters. The van der Waals surface area contributed by atoms with Crippen LogP contribution in [0.4, 0.5) is 4.79 Å². The van der Waals surface area contributed by atoms with Gasteiger partial charge in [-0.1, -0.05) is 0 Å². The summed E-state index contributed by atoms with van der Waals surface area (Å²) < 4.78 is 15.9. The first-order chi connectivity index (χ1) is 12.7. The van der Waals surface area contributed by atoms with E-state index in [9.17, 15) is 9.59 Å². The molecule has 0 saturated carbocycles. The smallest absolute Gasteiger partial charge is 0.320 e. The quantitative estimate of drug-likeness (QED) is 0.786. The minimum atomic E-state index is -0.0701. The number of carbonyl (C=O) groups is 2. The molecule has 0 aromatic heterocycles. The zero-order valence-electron chi connectivity index (χ0n) is 15.1. The summed E-state index contributed by atoms with van der Waals surface area (Å²) in [7, 11) is 1.60. The molecule has 2 aliphatic heterocycles. The van der Waals surface area contributed by atoms with Crippen molar-refractivity contribution in [2.24, 2.45) is 0 Å². The molecule has 0 radical (unpaired) electrons. The summed E-state index contributed by atoms with van der Waals surface area (Å²) in [5, 5.41) is 0. The fraction of sp³-hybridized carbons (Fsp3) is 0.556. The molecule has 0 aliphatic carbocycles. The molecule has 0 spiro atoms. The van der Waals surface area contributed by atoms with Crippen molar-refractivity contribution in [1.29, 1.82) is 0 Å². The fourth-order valence-electron chi connectivity index (χ4n) is 3.01. The Bertz CT molecular complexity index is 608. The Balaban J connectivity index is 1.42. The molecule has 2 heterocycles. The van der Waals surface area contributed by atoms with Crippen LogP contribution >= 0.6 is 0 Å². The van der Waals surface area contributed by atoms with Gasteiger partial charge in [-0.3, -0.25) is 4.79 Å². The number of rotatable bonds is 4. The molecule has 2 fully saturated rings. The van der Waals surface area contributed by atoms with Gasteiger partial charge in [0, 0.05) is 39.3 Å². The van der Waals surface area contributed by atoms with Crippen molar-refractivity contribution in [1.82, 2.24) is 14.7 Å². The Morgan fingerprint density at radius 1 is 0.885 bits per heavy atom. The van der Waals surface area contributed by atoms with Gasteiger partial charge in [0.2, 0.25) is 0 Å². The number of nitrogens with zero attached hydrogens (tertiary/aromatic N) is 3. The van der Waals surface area contributed by atoms with Gasteiger partial charge >= 0.3 is 6.03 Å². The number of ether oxygens (including phenoxy) is 3. The third kappa shape index (κ3) is 4.57. The highest BCUT2D eigenvalue weighted by molar-refractivity contribution is 5.79. The predicted molar refractivity (Wildman–Crippen MR) is 94.4 cm³/mol. The maximum absolute atomic E-state index is 12.5. The van der Waals surface area contributed by atoms with Crippen LogP contribution < -0.4 is 9.47 Å². The van der Waals surface area contributed by atoms with E-state index in [0.717, 1.165) is 5.75 Å². The van der Waals surface area contributed by atoms with E-state index in [0.29, 0.717) is 58.2 Å². The highest BCUT2D eigenvalue weighted by Crippen LogP contribution is 2.17. The summed E-state index contributed by atoms with van der Waals surface area (Å²) in [6.45, 7) is 4.58. The first-order valence-electron chi connectivity index (χ1n) is 8.83. The predicted octanol–water partition coefficient (Wildman–Crippen LogP) is 0.670. The average Bonchev–Trinajstić information content (AvgIpc) is 2.72. The van der Waals surface area contributed by atoms with Gasteiger partial charge in [0.25, 0.3) is 5.91 Å². The topological polar surface area (TPSA) is 71.6 Å². The van der Waals surface area contributed by atoms with Gasteiger partial charge in [-0.25, -0.2) is 4.79 Å². The minimum Gasteiger partial charge on any atom is -0.497 e. The number of morpholine rings is 1. The molecule has 0 atom stereocenters.